The van der Waals surface area contributed by atoms with Gasteiger partial charge in [0.1, 0.15) is 11.5 Å². The van der Waals surface area contributed by atoms with Crippen LogP contribution in [0, 0.1) is 13.8 Å². The van der Waals surface area contributed by atoms with Crippen LogP contribution in [-0.4, -0.2) is 24.7 Å². The molecule has 1 N–H and O–H groups in total. The van der Waals surface area contributed by atoms with E-state index in [1.165, 1.54) is 0 Å². The lowest BCUT2D eigenvalue weighted by Gasteiger charge is -2.06. The molecule has 5 heteroatoms. The number of methoxy groups -OCH3 is 1. The minimum Gasteiger partial charge on any atom is -0.497 e. The van der Waals surface area contributed by atoms with Crippen molar-refractivity contribution < 1.29 is 14.1 Å². The molecule has 1 amide bonds. The molecule has 2 rings (SSSR count). The number of ether oxygens (including phenoxy) is 1. The van der Waals surface area contributed by atoms with E-state index in [1.54, 1.807) is 7.11 Å². The van der Waals surface area contributed by atoms with Gasteiger partial charge in [0.2, 0.25) is 5.91 Å². The van der Waals surface area contributed by atoms with Gasteiger partial charge in [0.15, 0.2) is 0 Å². The predicted octanol–water partition coefficient (Wildman–Crippen LogP) is 2.59. The molecule has 1 aromatic heterocycles. The number of hydrogen-bond acceptors (Lipinski definition) is 4. The van der Waals surface area contributed by atoms with Gasteiger partial charge in [0.25, 0.3) is 0 Å². The Hall–Kier alpha value is -2.30. The van der Waals surface area contributed by atoms with Gasteiger partial charge in [-0.1, -0.05) is 17.3 Å². The van der Waals surface area contributed by atoms with Crippen LogP contribution in [0.4, 0.5) is 0 Å². The van der Waals surface area contributed by atoms with Crippen molar-refractivity contribution in [2.24, 2.45) is 0 Å². The van der Waals surface area contributed by atoms with E-state index >= 15 is 0 Å². The molecule has 5 nitrogen and oxygen atoms in total. The summed E-state index contributed by atoms with van der Waals surface area (Å²) in [6, 6.07) is 7.79. The van der Waals surface area contributed by atoms with E-state index in [0.717, 1.165) is 34.8 Å². The van der Waals surface area contributed by atoms with Crippen molar-refractivity contribution in [3.05, 3.63) is 46.8 Å². The summed E-state index contributed by atoms with van der Waals surface area (Å²) in [6.07, 6.45) is 1.91. The minimum atomic E-state index is 0.0505. The third-order valence-electron chi connectivity index (χ3n) is 3.65. The van der Waals surface area contributed by atoms with Gasteiger partial charge >= 0.3 is 0 Å². The van der Waals surface area contributed by atoms with Gasteiger partial charge in [-0.25, -0.2) is 0 Å². The first-order valence-electron chi connectivity index (χ1n) is 7.41. The van der Waals surface area contributed by atoms with Crippen molar-refractivity contribution in [2.75, 3.05) is 13.7 Å². The van der Waals surface area contributed by atoms with E-state index in [4.69, 9.17) is 9.26 Å². The van der Waals surface area contributed by atoms with Crippen molar-refractivity contribution in [3.63, 3.8) is 0 Å². The molecule has 0 aliphatic rings. The van der Waals surface area contributed by atoms with Gasteiger partial charge in [-0.15, -0.1) is 0 Å². The Morgan fingerprint density at radius 3 is 2.82 bits per heavy atom. The molecule has 0 aliphatic heterocycles. The highest BCUT2D eigenvalue weighted by Gasteiger charge is 2.09. The van der Waals surface area contributed by atoms with Crippen molar-refractivity contribution in [1.82, 2.24) is 10.5 Å². The maximum Gasteiger partial charge on any atom is 0.220 e. The fourth-order valence-electron chi connectivity index (χ4n) is 2.36. The fraction of sp³-hybridized carbons (Fsp3) is 0.412. The van der Waals surface area contributed by atoms with Crippen molar-refractivity contribution in [1.29, 1.82) is 0 Å². The van der Waals surface area contributed by atoms with Crippen LogP contribution >= 0.6 is 0 Å². The summed E-state index contributed by atoms with van der Waals surface area (Å²) in [5, 5.41) is 6.84. The van der Waals surface area contributed by atoms with Crippen molar-refractivity contribution in [3.8, 4) is 5.75 Å². The van der Waals surface area contributed by atoms with Gasteiger partial charge in [-0.05, 0) is 44.4 Å². The Bertz CT molecular complexity index is 615. The third kappa shape index (κ3) is 4.35. The molecule has 1 heterocycles. The quantitative estimate of drug-likeness (QED) is 0.854. The lowest BCUT2D eigenvalue weighted by Crippen LogP contribution is -2.26. The number of carbonyl (C=O) groups excluding carboxylic acids is 1. The number of nitrogens with zero attached hydrogens (tertiary/aromatic N) is 1. The lowest BCUT2D eigenvalue weighted by atomic mass is 10.1. The topological polar surface area (TPSA) is 64.4 Å². The Balaban J connectivity index is 1.74. The second-order valence-electron chi connectivity index (χ2n) is 5.25. The molecule has 0 fully saturated rings. The van der Waals surface area contributed by atoms with Gasteiger partial charge in [-0.3, -0.25) is 4.79 Å². The molecular formula is C17H22N2O3. The van der Waals surface area contributed by atoms with Crippen LogP contribution < -0.4 is 10.1 Å². The molecule has 0 bridgehead atoms. The lowest BCUT2D eigenvalue weighted by molar-refractivity contribution is -0.121. The first kappa shape index (κ1) is 16.1. The maximum absolute atomic E-state index is 11.9. The molecule has 0 saturated heterocycles. The normalized spacial score (nSPS) is 10.5. The molecule has 0 unspecified atom stereocenters. The summed E-state index contributed by atoms with van der Waals surface area (Å²) < 4.78 is 10.3. The van der Waals surface area contributed by atoms with Crippen LogP contribution in [0.25, 0.3) is 0 Å². The van der Waals surface area contributed by atoms with Crippen LogP contribution in [0.2, 0.25) is 0 Å². The summed E-state index contributed by atoms with van der Waals surface area (Å²) in [4.78, 5) is 11.9. The minimum absolute atomic E-state index is 0.0505. The zero-order valence-electron chi connectivity index (χ0n) is 13.3. The molecule has 0 atom stereocenters. The van der Waals surface area contributed by atoms with Crippen molar-refractivity contribution in [2.45, 2.75) is 33.1 Å². The first-order chi connectivity index (χ1) is 10.6. The van der Waals surface area contributed by atoms with E-state index in [0.29, 0.717) is 19.4 Å². The highest BCUT2D eigenvalue weighted by molar-refractivity contribution is 5.76. The van der Waals surface area contributed by atoms with Gasteiger partial charge in [0.05, 0.1) is 12.8 Å². The van der Waals surface area contributed by atoms with Gasteiger partial charge < -0.3 is 14.6 Å². The predicted molar refractivity (Wildman–Crippen MR) is 84.0 cm³/mol. The number of aromatic nitrogens is 1. The Kier molecular flexibility index (Phi) is 5.58. The molecule has 0 aliphatic carbocycles. The molecule has 2 aromatic rings. The second-order valence-corrected chi connectivity index (χ2v) is 5.25. The largest absolute Gasteiger partial charge is 0.497 e. The number of rotatable bonds is 7. The average Bonchev–Trinajstić information content (AvgIpc) is 2.85. The zero-order valence-corrected chi connectivity index (χ0v) is 13.3. The number of nitrogens with one attached hydrogen (secondary N) is 1. The monoisotopic (exact) mass is 302 g/mol. The van der Waals surface area contributed by atoms with E-state index < -0.39 is 0 Å². The van der Waals surface area contributed by atoms with Crippen LogP contribution in [0.5, 0.6) is 5.75 Å². The van der Waals surface area contributed by atoms with Crippen molar-refractivity contribution >= 4 is 5.91 Å². The standard InChI is InChI=1S/C17H22N2O3/c1-12-16(13(2)22-19-12)9-10-18-17(20)8-7-14-5-4-6-15(11-14)21-3/h4-6,11H,7-10H2,1-3H3,(H,18,20). The molecule has 22 heavy (non-hydrogen) atoms. The molecule has 0 saturated carbocycles. The summed E-state index contributed by atoms with van der Waals surface area (Å²) in [6.45, 7) is 4.40. The smallest absolute Gasteiger partial charge is 0.220 e. The van der Waals surface area contributed by atoms with Crippen LogP contribution in [-0.2, 0) is 17.6 Å². The number of amides is 1. The number of benzene rings is 1. The summed E-state index contributed by atoms with van der Waals surface area (Å²) in [7, 11) is 1.64. The molecule has 118 valence electrons. The molecule has 1 aromatic carbocycles. The first-order valence-corrected chi connectivity index (χ1v) is 7.41. The Morgan fingerprint density at radius 2 is 2.14 bits per heavy atom. The van der Waals surface area contributed by atoms with Crippen LogP contribution in [0.15, 0.2) is 28.8 Å². The number of carbonyl (C=O) groups is 1. The van der Waals surface area contributed by atoms with Gasteiger partial charge in [0, 0.05) is 18.5 Å². The highest BCUT2D eigenvalue weighted by atomic mass is 16.5. The number of hydrogen-bond donors (Lipinski definition) is 1. The number of aryl methyl sites for hydroxylation is 3. The van der Waals surface area contributed by atoms with Gasteiger partial charge in [-0.2, -0.15) is 0 Å². The van der Waals surface area contributed by atoms with Crippen LogP contribution in [0.3, 0.4) is 0 Å². The zero-order chi connectivity index (χ0) is 15.9. The summed E-state index contributed by atoms with van der Waals surface area (Å²) in [5.74, 6) is 1.69. The van der Waals surface area contributed by atoms with E-state index in [1.807, 2.05) is 38.1 Å². The second kappa shape index (κ2) is 7.64. The third-order valence-corrected chi connectivity index (χ3v) is 3.65. The highest BCUT2D eigenvalue weighted by Crippen LogP contribution is 2.14. The van der Waals surface area contributed by atoms with E-state index in [2.05, 4.69) is 10.5 Å². The van der Waals surface area contributed by atoms with Crippen LogP contribution in [0.1, 0.15) is 29.0 Å². The molecule has 0 radical (unpaired) electrons. The maximum atomic E-state index is 11.9. The molecule has 0 spiro atoms. The Morgan fingerprint density at radius 1 is 1.32 bits per heavy atom. The average molecular weight is 302 g/mol. The summed E-state index contributed by atoms with van der Waals surface area (Å²) >= 11 is 0. The summed E-state index contributed by atoms with van der Waals surface area (Å²) in [5.41, 5.74) is 3.07. The van der Waals surface area contributed by atoms with E-state index in [9.17, 15) is 4.79 Å². The molecular weight excluding hydrogens is 280 g/mol. The SMILES string of the molecule is COc1cccc(CCC(=O)NCCc2c(C)noc2C)c1. The fourth-order valence-corrected chi connectivity index (χ4v) is 2.36. The Labute approximate surface area is 130 Å². The van der Waals surface area contributed by atoms with E-state index in [-0.39, 0.29) is 5.91 Å².